The lowest BCUT2D eigenvalue weighted by Gasteiger charge is -2.38. The Morgan fingerprint density at radius 2 is 2.26 bits per heavy atom. The highest BCUT2D eigenvalue weighted by atomic mass is 16.5. The highest BCUT2D eigenvalue weighted by Gasteiger charge is 2.28. The van der Waals surface area contributed by atoms with Crippen LogP contribution in [0.2, 0.25) is 0 Å². The van der Waals surface area contributed by atoms with E-state index in [0.717, 1.165) is 24.7 Å². The van der Waals surface area contributed by atoms with Crippen LogP contribution in [-0.2, 0) is 16.1 Å². The van der Waals surface area contributed by atoms with Gasteiger partial charge in [0.05, 0.1) is 12.2 Å². The summed E-state index contributed by atoms with van der Waals surface area (Å²) in [4.78, 5) is 11.1. The van der Waals surface area contributed by atoms with Gasteiger partial charge < -0.3 is 19.7 Å². The molecule has 6 nitrogen and oxygen atoms in total. The lowest BCUT2D eigenvalue weighted by molar-refractivity contribution is -0.0279. The van der Waals surface area contributed by atoms with Crippen LogP contribution in [0.1, 0.15) is 19.7 Å². The Balaban J connectivity index is 2.25. The van der Waals surface area contributed by atoms with Crippen molar-refractivity contribution in [2.45, 2.75) is 26.1 Å². The van der Waals surface area contributed by atoms with Crippen molar-refractivity contribution in [2.24, 2.45) is 0 Å². The van der Waals surface area contributed by atoms with Gasteiger partial charge in [-0.1, -0.05) is 0 Å². The molecule has 2 heterocycles. The zero-order chi connectivity index (χ0) is 13.9. The van der Waals surface area contributed by atoms with Crippen molar-refractivity contribution in [3.63, 3.8) is 0 Å². The summed E-state index contributed by atoms with van der Waals surface area (Å²) in [5, 5.41) is 3.06. The number of anilines is 2. The maximum absolute atomic E-state index is 5.73. The van der Waals surface area contributed by atoms with Gasteiger partial charge in [0, 0.05) is 33.3 Å². The Kier molecular flexibility index (Phi) is 4.21. The summed E-state index contributed by atoms with van der Waals surface area (Å²) in [6.07, 6.45) is 0. The van der Waals surface area contributed by atoms with E-state index in [2.05, 4.69) is 34.0 Å². The molecule has 1 aliphatic heterocycles. The van der Waals surface area contributed by atoms with E-state index in [-0.39, 0.29) is 5.60 Å². The summed E-state index contributed by atoms with van der Waals surface area (Å²) in [5.41, 5.74) is -0.148. The predicted octanol–water partition coefficient (Wildman–Crippen LogP) is 1.28. The van der Waals surface area contributed by atoms with Gasteiger partial charge in [0.2, 0.25) is 0 Å². The Morgan fingerprint density at radius 1 is 1.47 bits per heavy atom. The number of aromatic nitrogens is 2. The van der Waals surface area contributed by atoms with E-state index in [4.69, 9.17) is 9.47 Å². The summed E-state index contributed by atoms with van der Waals surface area (Å²) in [6.45, 7) is 6.97. The number of nitrogens with zero attached hydrogens (tertiary/aromatic N) is 3. The monoisotopic (exact) mass is 266 g/mol. The maximum Gasteiger partial charge on any atom is 0.158 e. The standard InChI is InChI=1S/C13H22N4O2/c1-13(2)9-17(5-6-19-13)12-7-10(14-3)15-11(16-12)8-18-4/h7H,5-6,8-9H2,1-4H3,(H,14,15,16). The maximum atomic E-state index is 5.73. The molecule has 0 atom stereocenters. The third-order valence-electron chi connectivity index (χ3n) is 3.04. The minimum Gasteiger partial charge on any atom is -0.377 e. The first-order valence-corrected chi connectivity index (χ1v) is 6.47. The van der Waals surface area contributed by atoms with E-state index < -0.39 is 0 Å². The Hall–Kier alpha value is -1.40. The molecule has 1 fully saturated rings. The van der Waals surface area contributed by atoms with Gasteiger partial charge in [0.15, 0.2) is 5.82 Å². The van der Waals surface area contributed by atoms with Gasteiger partial charge in [-0.15, -0.1) is 0 Å². The molecule has 0 amide bonds. The Labute approximate surface area is 114 Å². The summed E-state index contributed by atoms with van der Waals surface area (Å²) in [6, 6.07) is 1.96. The molecule has 1 N–H and O–H groups in total. The summed E-state index contributed by atoms with van der Waals surface area (Å²) in [5.74, 6) is 2.41. The third-order valence-corrected chi connectivity index (χ3v) is 3.04. The van der Waals surface area contributed by atoms with E-state index in [1.807, 2.05) is 13.1 Å². The molecule has 0 spiro atoms. The fourth-order valence-electron chi connectivity index (χ4n) is 2.18. The van der Waals surface area contributed by atoms with Crippen molar-refractivity contribution in [1.29, 1.82) is 0 Å². The Morgan fingerprint density at radius 3 is 2.89 bits per heavy atom. The van der Waals surface area contributed by atoms with Gasteiger partial charge in [0.1, 0.15) is 18.2 Å². The van der Waals surface area contributed by atoms with E-state index in [0.29, 0.717) is 19.0 Å². The Bertz CT molecular complexity index is 437. The summed E-state index contributed by atoms with van der Waals surface area (Å²) in [7, 11) is 3.50. The van der Waals surface area contributed by atoms with Crippen molar-refractivity contribution < 1.29 is 9.47 Å². The molecule has 0 radical (unpaired) electrons. The van der Waals surface area contributed by atoms with Crippen LogP contribution >= 0.6 is 0 Å². The fraction of sp³-hybridized carbons (Fsp3) is 0.692. The third kappa shape index (κ3) is 3.54. The van der Waals surface area contributed by atoms with Crippen LogP contribution in [0.5, 0.6) is 0 Å². The normalized spacial score (nSPS) is 18.4. The van der Waals surface area contributed by atoms with Gasteiger partial charge in [-0.25, -0.2) is 9.97 Å². The van der Waals surface area contributed by atoms with E-state index in [1.54, 1.807) is 7.11 Å². The second kappa shape index (κ2) is 5.71. The second-order valence-electron chi connectivity index (χ2n) is 5.24. The van der Waals surface area contributed by atoms with E-state index >= 15 is 0 Å². The lowest BCUT2D eigenvalue weighted by Crippen LogP contribution is -2.48. The largest absolute Gasteiger partial charge is 0.377 e. The highest BCUT2D eigenvalue weighted by molar-refractivity contribution is 5.49. The van der Waals surface area contributed by atoms with Crippen molar-refractivity contribution in [2.75, 3.05) is 44.1 Å². The van der Waals surface area contributed by atoms with Crippen molar-refractivity contribution in [3.8, 4) is 0 Å². The topological polar surface area (TPSA) is 59.5 Å². The van der Waals surface area contributed by atoms with E-state index in [1.165, 1.54) is 0 Å². The van der Waals surface area contributed by atoms with Gasteiger partial charge in [-0.05, 0) is 13.8 Å². The summed E-state index contributed by atoms with van der Waals surface area (Å²) >= 11 is 0. The predicted molar refractivity (Wildman–Crippen MR) is 74.5 cm³/mol. The van der Waals surface area contributed by atoms with Crippen LogP contribution in [0.3, 0.4) is 0 Å². The minimum absolute atomic E-state index is 0.148. The smallest absolute Gasteiger partial charge is 0.158 e. The van der Waals surface area contributed by atoms with Crippen LogP contribution in [0.15, 0.2) is 6.07 Å². The van der Waals surface area contributed by atoms with Crippen LogP contribution < -0.4 is 10.2 Å². The molecule has 0 aromatic carbocycles. The molecule has 1 saturated heterocycles. The zero-order valence-electron chi connectivity index (χ0n) is 12.1. The molecule has 6 heteroatoms. The molecule has 1 aliphatic rings. The summed E-state index contributed by atoms with van der Waals surface area (Å²) < 4.78 is 10.8. The second-order valence-corrected chi connectivity index (χ2v) is 5.24. The van der Waals surface area contributed by atoms with Crippen LogP contribution in [0, 0.1) is 0 Å². The van der Waals surface area contributed by atoms with Crippen molar-refractivity contribution >= 4 is 11.6 Å². The first kappa shape index (κ1) is 14.0. The minimum atomic E-state index is -0.148. The quantitative estimate of drug-likeness (QED) is 0.886. The number of hydrogen-bond donors (Lipinski definition) is 1. The first-order valence-electron chi connectivity index (χ1n) is 6.47. The fourth-order valence-corrected chi connectivity index (χ4v) is 2.18. The molecular formula is C13H22N4O2. The molecule has 2 rings (SSSR count). The number of methoxy groups -OCH3 is 1. The number of hydrogen-bond acceptors (Lipinski definition) is 6. The van der Waals surface area contributed by atoms with Gasteiger partial charge >= 0.3 is 0 Å². The highest BCUT2D eigenvalue weighted by Crippen LogP contribution is 2.23. The van der Waals surface area contributed by atoms with Gasteiger partial charge in [-0.3, -0.25) is 0 Å². The number of ether oxygens (including phenoxy) is 2. The number of morpholine rings is 1. The molecule has 1 aromatic heterocycles. The molecule has 106 valence electrons. The zero-order valence-corrected chi connectivity index (χ0v) is 12.1. The molecule has 0 aliphatic carbocycles. The number of rotatable bonds is 4. The molecule has 1 aromatic rings. The van der Waals surface area contributed by atoms with Crippen molar-refractivity contribution in [3.05, 3.63) is 11.9 Å². The average Bonchev–Trinajstić information content (AvgIpc) is 2.37. The average molecular weight is 266 g/mol. The molecule has 0 unspecified atom stereocenters. The van der Waals surface area contributed by atoms with Crippen molar-refractivity contribution in [1.82, 2.24) is 9.97 Å². The van der Waals surface area contributed by atoms with Gasteiger partial charge in [0.25, 0.3) is 0 Å². The molecular weight excluding hydrogens is 244 g/mol. The number of nitrogens with one attached hydrogen (secondary N) is 1. The SMILES string of the molecule is CNc1cc(N2CCOC(C)(C)C2)nc(COC)n1. The van der Waals surface area contributed by atoms with Gasteiger partial charge in [-0.2, -0.15) is 0 Å². The molecule has 0 saturated carbocycles. The molecule has 0 bridgehead atoms. The first-order chi connectivity index (χ1) is 9.04. The van der Waals surface area contributed by atoms with Crippen LogP contribution in [0.25, 0.3) is 0 Å². The lowest BCUT2D eigenvalue weighted by atomic mass is 10.1. The molecule has 19 heavy (non-hydrogen) atoms. The van der Waals surface area contributed by atoms with E-state index in [9.17, 15) is 0 Å². The van der Waals surface area contributed by atoms with Crippen LogP contribution in [0.4, 0.5) is 11.6 Å². The van der Waals surface area contributed by atoms with Crippen LogP contribution in [-0.4, -0.2) is 49.4 Å².